The lowest BCUT2D eigenvalue weighted by molar-refractivity contribution is -0.143. The van der Waals surface area contributed by atoms with Gasteiger partial charge in [0.05, 0.1) is 12.5 Å². The van der Waals surface area contributed by atoms with Gasteiger partial charge in [0.2, 0.25) is 0 Å². The lowest BCUT2D eigenvalue weighted by Crippen LogP contribution is -2.37. The molecule has 0 atom stereocenters. The monoisotopic (exact) mass is 173 g/mol. The molecule has 0 aromatic heterocycles. The zero-order valence-electron chi connectivity index (χ0n) is 7.07. The third-order valence-electron chi connectivity index (χ3n) is 2.35. The Bertz CT molecular complexity index is 152. The Morgan fingerprint density at radius 1 is 1.42 bits per heavy atom. The van der Waals surface area contributed by atoms with Crippen LogP contribution in [0.4, 0.5) is 0 Å². The Morgan fingerprint density at radius 2 is 2.00 bits per heavy atom. The van der Waals surface area contributed by atoms with E-state index in [4.69, 9.17) is 10.2 Å². The van der Waals surface area contributed by atoms with Gasteiger partial charge in [-0.05, 0) is 25.9 Å². The van der Waals surface area contributed by atoms with Crippen LogP contribution in [-0.2, 0) is 4.79 Å². The molecule has 1 aliphatic heterocycles. The fourth-order valence-electron chi connectivity index (χ4n) is 1.54. The van der Waals surface area contributed by atoms with Crippen LogP contribution in [0, 0.1) is 5.92 Å². The number of rotatable bonds is 3. The second kappa shape index (κ2) is 4.42. The first-order valence-corrected chi connectivity index (χ1v) is 4.30. The molecule has 2 N–H and O–H groups in total. The molecule has 1 fully saturated rings. The van der Waals surface area contributed by atoms with E-state index in [1.165, 1.54) is 0 Å². The number of aliphatic hydroxyl groups excluding tert-OH is 1. The minimum absolute atomic E-state index is 0.164. The van der Waals surface area contributed by atoms with Crippen molar-refractivity contribution in [3.05, 3.63) is 0 Å². The van der Waals surface area contributed by atoms with Crippen LogP contribution in [-0.4, -0.2) is 47.3 Å². The lowest BCUT2D eigenvalue weighted by Gasteiger charge is -2.29. The molecule has 0 amide bonds. The minimum atomic E-state index is -0.682. The van der Waals surface area contributed by atoms with E-state index in [0.717, 1.165) is 25.9 Å². The summed E-state index contributed by atoms with van der Waals surface area (Å²) in [4.78, 5) is 12.6. The Morgan fingerprint density at radius 3 is 2.42 bits per heavy atom. The van der Waals surface area contributed by atoms with Gasteiger partial charge >= 0.3 is 5.97 Å². The summed E-state index contributed by atoms with van der Waals surface area (Å²) in [5, 5.41) is 17.3. The van der Waals surface area contributed by atoms with E-state index >= 15 is 0 Å². The van der Waals surface area contributed by atoms with E-state index in [0.29, 0.717) is 6.54 Å². The summed E-state index contributed by atoms with van der Waals surface area (Å²) in [6.45, 7) is 2.44. The number of hydrogen-bond acceptors (Lipinski definition) is 3. The van der Waals surface area contributed by atoms with Crippen molar-refractivity contribution in [3.63, 3.8) is 0 Å². The van der Waals surface area contributed by atoms with Crippen LogP contribution in [0.5, 0.6) is 0 Å². The molecule has 0 aromatic rings. The number of piperidine rings is 1. The Balaban J connectivity index is 2.25. The molecule has 0 saturated carbocycles. The van der Waals surface area contributed by atoms with E-state index in [1.54, 1.807) is 0 Å². The zero-order chi connectivity index (χ0) is 8.97. The van der Waals surface area contributed by atoms with Gasteiger partial charge in [-0.15, -0.1) is 0 Å². The minimum Gasteiger partial charge on any atom is -0.481 e. The maximum absolute atomic E-state index is 10.6. The van der Waals surface area contributed by atoms with Gasteiger partial charge in [-0.3, -0.25) is 4.79 Å². The third kappa shape index (κ3) is 2.46. The topological polar surface area (TPSA) is 60.8 Å². The van der Waals surface area contributed by atoms with Crippen LogP contribution < -0.4 is 0 Å². The van der Waals surface area contributed by atoms with Gasteiger partial charge in [0, 0.05) is 6.54 Å². The van der Waals surface area contributed by atoms with Crippen molar-refractivity contribution < 1.29 is 15.0 Å². The van der Waals surface area contributed by atoms with Gasteiger partial charge in [-0.1, -0.05) is 0 Å². The van der Waals surface area contributed by atoms with Crippen molar-refractivity contribution in [2.75, 3.05) is 26.2 Å². The molecule has 70 valence electrons. The van der Waals surface area contributed by atoms with Crippen LogP contribution in [0.3, 0.4) is 0 Å². The maximum atomic E-state index is 10.6. The van der Waals surface area contributed by atoms with Gasteiger partial charge < -0.3 is 15.1 Å². The first kappa shape index (κ1) is 9.48. The lowest BCUT2D eigenvalue weighted by atomic mass is 9.97. The molecule has 0 aromatic carbocycles. The quantitative estimate of drug-likeness (QED) is 0.619. The Labute approximate surface area is 71.8 Å². The number of aliphatic carboxylic acids is 1. The highest BCUT2D eigenvalue weighted by Gasteiger charge is 2.23. The summed E-state index contributed by atoms with van der Waals surface area (Å²) < 4.78 is 0. The molecule has 1 aliphatic rings. The van der Waals surface area contributed by atoms with Gasteiger partial charge in [0.15, 0.2) is 0 Å². The van der Waals surface area contributed by atoms with E-state index in [9.17, 15) is 4.79 Å². The molecule has 1 rings (SSSR count). The predicted molar refractivity (Wildman–Crippen MR) is 43.9 cm³/mol. The van der Waals surface area contributed by atoms with Crippen molar-refractivity contribution in [3.8, 4) is 0 Å². The van der Waals surface area contributed by atoms with Gasteiger partial charge in [0.1, 0.15) is 0 Å². The van der Waals surface area contributed by atoms with Crippen LogP contribution in [0.25, 0.3) is 0 Å². The zero-order valence-corrected chi connectivity index (χ0v) is 7.07. The van der Waals surface area contributed by atoms with E-state index in [-0.39, 0.29) is 12.5 Å². The Kier molecular flexibility index (Phi) is 3.49. The number of carbonyl (C=O) groups is 1. The first-order chi connectivity index (χ1) is 5.74. The van der Waals surface area contributed by atoms with Gasteiger partial charge in [-0.25, -0.2) is 0 Å². The summed E-state index contributed by atoms with van der Waals surface area (Å²) in [7, 11) is 0. The number of carboxylic acid groups (broad SMARTS) is 1. The van der Waals surface area contributed by atoms with Gasteiger partial charge in [-0.2, -0.15) is 0 Å². The fourth-order valence-corrected chi connectivity index (χ4v) is 1.54. The molecular formula is C8H15NO3. The normalized spacial score (nSPS) is 21.1. The van der Waals surface area contributed by atoms with E-state index in [1.807, 2.05) is 0 Å². The SMILES string of the molecule is O=C(O)C1CCN(CCO)CC1. The molecule has 0 spiro atoms. The summed E-state index contributed by atoms with van der Waals surface area (Å²) in [6.07, 6.45) is 1.44. The fraction of sp³-hybridized carbons (Fsp3) is 0.875. The molecule has 1 heterocycles. The number of β-amino-alcohol motifs (C(OH)–C–C–N with tert-alkyl or cyclic N) is 1. The number of hydrogen-bond donors (Lipinski definition) is 2. The molecule has 0 aliphatic carbocycles. The van der Waals surface area contributed by atoms with Crippen LogP contribution in [0.15, 0.2) is 0 Å². The van der Waals surface area contributed by atoms with Crippen molar-refractivity contribution in [1.29, 1.82) is 0 Å². The highest BCUT2D eigenvalue weighted by Crippen LogP contribution is 2.16. The standard InChI is InChI=1S/C8H15NO3/c10-6-5-9-3-1-7(2-4-9)8(11)12/h7,10H,1-6H2,(H,11,12). The predicted octanol–water partition coefficient (Wildman–Crippen LogP) is -0.225. The van der Waals surface area contributed by atoms with Crippen LogP contribution in [0.1, 0.15) is 12.8 Å². The van der Waals surface area contributed by atoms with Crippen molar-refractivity contribution in [2.24, 2.45) is 5.92 Å². The summed E-state index contributed by atoms with van der Waals surface area (Å²) in [6, 6.07) is 0. The molecule has 4 heteroatoms. The number of aliphatic hydroxyl groups is 1. The first-order valence-electron chi connectivity index (χ1n) is 4.30. The highest BCUT2D eigenvalue weighted by atomic mass is 16.4. The number of likely N-dealkylation sites (tertiary alicyclic amines) is 1. The van der Waals surface area contributed by atoms with Crippen molar-refractivity contribution in [1.82, 2.24) is 4.90 Å². The number of nitrogens with zero attached hydrogens (tertiary/aromatic N) is 1. The molecule has 0 bridgehead atoms. The summed E-state index contributed by atoms with van der Waals surface area (Å²) in [5.74, 6) is -0.849. The van der Waals surface area contributed by atoms with Crippen molar-refractivity contribution in [2.45, 2.75) is 12.8 Å². The number of carboxylic acids is 1. The largest absolute Gasteiger partial charge is 0.481 e. The maximum Gasteiger partial charge on any atom is 0.306 e. The average molecular weight is 173 g/mol. The molecule has 12 heavy (non-hydrogen) atoms. The third-order valence-corrected chi connectivity index (χ3v) is 2.35. The van der Waals surface area contributed by atoms with Crippen LogP contribution >= 0.6 is 0 Å². The molecule has 0 unspecified atom stereocenters. The smallest absolute Gasteiger partial charge is 0.306 e. The molecular weight excluding hydrogens is 158 g/mol. The van der Waals surface area contributed by atoms with Gasteiger partial charge in [0.25, 0.3) is 0 Å². The van der Waals surface area contributed by atoms with E-state index in [2.05, 4.69) is 4.90 Å². The second-order valence-electron chi connectivity index (χ2n) is 3.18. The molecule has 4 nitrogen and oxygen atoms in total. The molecule has 1 saturated heterocycles. The average Bonchev–Trinajstić information content (AvgIpc) is 2.06. The van der Waals surface area contributed by atoms with E-state index < -0.39 is 5.97 Å². The Hall–Kier alpha value is -0.610. The van der Waals surface area contributed by atoms with Crippen molar-refractivity contribution >= 4 is 5.97 Å². The summed E-state index contributed by atoms with van der Waals surface area (Å²) >= 11 is 0. The highest BCUT2D eigenvalue weighted by molar-refractivity contribution is 5.70. The second-order valence-corrected chi connectivity index (χ2v) is 3.18. The van der Waals surface area contributed by atoms with Crippen LogP contribution in [0.2, 0.25) is 0 Å². The summed E-state index contributed by atoms with van der Waals surface area (Å²) in [5.41, 5.74) is 0. The molecule has 0 radical (unpaired) electrons.